The number of amides is 2. The minimum Gasteiger partial charge on any atom is -0.348 e. The first kappa shape index (κ1) is 24.9. The van der Waals surface area contributed by atoms with Crippen LogP contribution in [0, 0.1) is 5.92 Å². The molecule has 0 fully saturated rings. The highest BCUT2D eigenvalue weighted by Gasteiger charge is 2.23. The Bertz CT molecular complexity index is 1310. The molecule has 0 spiro atoms. The zero-order chi connectivity index (χ0) is 24.9. The summed E-state index contributed by atoms with van der Waals surface area (Å²) < 4.78 is 0. The fourth-order valence-corrected chi connectivity index (χ4v) is 5.86. The summed E-state index contributed by atoms with van der Waals surface area (Å²) in [6.45, 7) is 9.16. The smallest absolute Gasteiger partial charge is 0.251 e. The largest absolute Gasteiger partial charge is 0.348 e. The highest BCUT2D eigenvalue weighted by Crippen LogP contribution is 2.46. The molecular formula is C28H29N3O2S2. The van der Waals surface area contributed by atoms with Crippen LogP contribution in [0.3, 0.4) is 0 Å². The number of carbonyl (C=O) groups excluding carboxylic acids is 2. The Morgan fingerprint density at radius 2 is 1.71 bits per heavy atom. The lowest BCUT2D eigenvalue weighted by molar-refractivity contribution is -0.115. The molecule has 0 aliphatic carbocycles. The van der Waals surface area contributed by atoms with E-state index >= 15 is 0 Å². The molecule has 5 nitrogen and oxygen atoms in total. The fourth-order valence-electron chi connectivity index (χ4n) is 3.88. The Balaban J connectivity index is 1.36. The van der Waals surface area contributed by atoms with Crippen molar-refractivity contribution >= 4 is 44.9 Å². The van der Waals surface area contributed by atoms with E-state index < -0.39 is 0 Å². The maximum atomic E-state index is 12.7. The molecule has 0 saturated carbocycles. The monoisotopic (exact) mass is 503 g/mol. The van der Waals surface area contributed by atoms with Crippen molar-refractivity contribution in [2.45, 2.75) is 40.7 Å². The number of carbonyl (C=O) groups is 2. The summed E-state index contributed by atoms with van der Waals surface area (Å²) in [7, 11) is 0. The average molecular weight is 504 g/mol. The summed E-state index contributed by atoms with van der Waals surface area (Å²) in [4.78, 5) is 32.4. The first-order valence-electron chi connectivity index (χ1n) is 11.5. The molecule has 3 aromatic rings. The Labute approximate surface area is 214 Å². The molecule has 1 unspecified atom stereocenters. The number of nitrogens with zero attached hydrogens (tertiary/aromatic N) is 1. The van der Waals surface area contributed by atoms with Crippen LogP contribution >= 0.6 is 23.1 Å². The van der Waals surface area contributed by atoms with Crippen molar-refractivity contribution < 1.29 is 9.59 Å². The van der Waals surface area contributed by atoms with E-state index in [1.54, 1.807) is 30.0 Å². The number of rotatable bonds is 7. The van der Waals surface area contributed by atoms with E-state index in [9.17, 15) is 9.59 Å². The first-order chi connectivity index (χ1) is 16.8. The molecule has 1 aliphatic heterocycles. The van der Waals surface area contributed by atoms with Crippen molar-refractivity contribution in [3.8, 4) is 0 Å². The molecule has 0 bridgehead atoms. The molecular weight excluding hydrogens is 474 g/mol. The SMILES string of the molecule is CC1=C(C)C(C)C(C)=C(c2csc(NC(=O)Cc3cccc(C(=O)NCc4ccccc4)c3)n2)S1. The number of hydrogen-bond donors (Lipinski definition) is 2. The molecule has 2 amide bonds. The van der Waals surface area contributed by atoms with Crippen LogP contribution in [0.25, 0.3) is 4.91 Å². The minimum atomic E-state index is -0.164. The molecule has 2 heterocycles. The Morgan fingerprint density at radius 1 is 0.971 bits per heavy atom. The number of anilines is 1. The number of thioether (sulfide) groups is 1. The van der Waals surface area contributed by atoms with E-state index in [1.165, 1.54) is 32.3 Å². The normalized spacial score (nSPS) is 15.8. The summed E-state index contributed by atoms with van der Waals surface area (Å²) in [6.07, 6.45) is 0.170. The van der Waals surface area contributed by atoms with Crippen LogP contribution in [0.2, 0.25) is 0 Å². The number of nitrogens with one attached hydrogen (secondary N) is 2. The van der Waals surface area contributed by atoms with Gasteiger partial charge >= 0.3 is 0 Å². The van der Waals surface area contributed by atoms with Gasteiger partial charge in [0.1, 0.15) is 0 Å². The van der Waals surface area contributed by atoms with Crippen molar-refractivity contribution in [3.05, 3.63) is 98.4 Å². The fraction of sp³-hybridized carbons (Fsp3) is 0.250. The summed E-state index contributed by atoms with van der Waals surface area (Å²) in [6, 6.07) is 16.9. The van der Waals surface area contributed by atoms with Crippen molar-refractivity contribution in [2.75, 3.05) is 5.32 Å². The van der Waals surface area contributed by atoms with Gasteiger partial charge in [-0.15, -0.1) is 11.3 Å². The average Bonchev–Trinajstić information content (AvgIpc) is 3.32. The van der Waals surface area contributed by atoms with E-state index in [2.05, 4.69) is 43.3 Å². The zero-order valence-electron chi connectivity index (χ0n) is 20.3. The molecule has 2 aromatic carbocycles. The third-order valence-electron chi connectivity index (χ3n) is 6.30. The predicted octanol–water partition coefficient (Wildman–Crippen LogP) is 6.66. The Kier molecular flexibility index (Phi) is 7.88. The van der Waals surface area contributed by atoms with E-state index in [4.69, 9.17) is 0 Å². The number of allylic oxidation sites excluding steroid dienone is 3. The molecule has 4 rings (SSSR count). The van der Waals surface area contributed by atoms with E-state index in [0.717, 1.165) is 16.8 Å². The van der Waals surface area contributed by atoms with Gasteiger partial charge in [0.2, 0.25) is 5.91 Å². The van der Waals surface area contributed by atoms with Crippen molar-refractivity contribution in [2.24, 2.45) is 5.92 Å². The lowest BCUT2D eigenvalue weighted by Gasteiger charge is -2.25. The van der Waals surface area contributed by atoms with Gasteiger partial charge in [-0.05, 0) is 54.9 Å². The van der Waals surface area contributed by atoms with Crippen LogP contribution in [0.4, 0.5) is 5.13 Å². The van der Waals surface area contributed by atoms with Gasteiger partial charge < -0.3 is 10.6 Å². The molecule has 35 heavy (non-hydrogen) atoms. The van der Waals surface area contributed by atoms with Crippen molar-refractivity contribution in [1.29, 1.82) is 0 Å². The Morgan fingerprint density at radius 3 is 2.49 bits per heavy atom. The molecule has 1 atom stereocenters. The second-order valence-corrected chi connectivity index (χ2v) is 10.8. The van der Waals surface area contributed by atoms with Crippen LogP contribution in [0.15, 0.2) is 76.0 Å². The van der Waals surface area contributed by atoms with E-state index in [0.29, 0.717) is 23.2 Å². The topological polar surface area (TPSA) is 71.1 Å². The molecule has 2 N–H and O–H groups in total. The molecule has 1 aromatic heterocycles. The number of hydrogen-bond acceptors (Lipinski definition) is 5. The van der Waals surface area contributed by atoms with E-state index in [-0.39, 0.29) is 18.2 Å². The van der Waals surface area contributed by atoms with Crippen LogP contribution in [0.1, 0.15) is 54.9 Å². The Hall–Kier alpha value is -3.16. The zero-order valence-corrected chi connectivity index (χ0v) is 22.0. The first-order valence-corrected chi connectivity index (χ1v) is 13.2. The number of thiazole rings is 1. The minimum absolute atomic E-state index is 0.157. The molecule has 180 valence electrons. The van der Waals surface area contributed by atoms with Gasteiger partial charge in [0.05, 0.1) is 12.1 Å². The van der Waals surface area contributed by atoms with Gasteiger partial charge in [-0.1, -0.05) is 72.3 Å². The summed E-state index contributed by atoms with van der Waals surface area (Å²) in [5, 5.41) is 8.42. The maximum absolute atomic E-state index is 12.7. The highest BCUT2D eigenvalue weighted by atomic mass is 32.2. The van der Waals surface area contributed by atoms with E-state index in [1.807, 2.05) is 41.8 Å². The lowest BCUT2D eigenvalue weighted by Crippen LogP contribution is -2.23. The second kappa shape index (κ2) is 11.1. The van der Waals surface area contributed by atoms with Gasteiger partial charge in [0.25, 0.3) is 5.91 Å². The third kappa shape index (κ3) is 6.10. The van der Waals surface area contributed by atoms with Gasteiger partial charge in [0.15, 0.2) is 5.13 Å². The lowest BCUT2D eigenvalue weighted by atomic mass is 9.93. The van der Waals surface area contributed by atoms with Crippen molar-refractivity contribution in [3.63, 3.8) is 0 Å². The summed E-state index contributed by atoms with van der Waals surface area (Å²) in [5.74, 6) is 0.0707. The summed E-state index contributed by atoms with van der Waals surface area (Å²) in [5.41, 5.74) is 5.96. The molecule has 0 saturated heterocycles. The van der Waals surface area contributed by atoms with Gasteiger partial charge in [-0.25, -0.2) is 4.98 Å². The third-order valence-corrected chi connectivity index (χ3v) is 8.42. The second-order valence-electron chi connectivity index (χ2n) is 8.71. The molecule has 7 heteroatoms. The maximum Gasteiger partial charge on any atom is 0.251 e. The highest BCUT2D eigenvalue weighted by molar-refractivity contribution is 8.11. The van der Waals surface area contributed by atoms with Gasteiger partial charge in [-0.3, -0.25) is 9.59 Å². The van der Waals surface area contributed by atoms with Crippen molar-refractivity contribution in [1.82, 2.24) is 10.3 Å². The van der Waals surface area contributed by atoms with Gasteiger partial charge in [-0.2, -0.15) is 0 Å². The van der Waals surface area contributed by atoms with Crippen LogP contribution in [0.5, 0.6) is 0 Å². The van der Waals surface area contributed by atoms with Gasteiger partial charge in [0, 0.05) is 22.4 Å². The molecule has 1 aliphatic rings. The number of benzene rings is 2. The molecule has 0 radical (unpaired) electrons. The standard InChI is InChI=1S/C28H29N3O2S2/c1-17-18(2)20(4)35-26(19(17)3)24-16-34-28(30-24)31-25(32)14-22-11-8-12-23(13-22)27(33)29-15-21-9-6-5-7-10-21/h5-13,16-17H,14-15H2,1-4H3,(H,29,33)(H,30,31,32). The van der Waals surface area contributed by atoms with Crippen LogP contribution in [-0.4, -0.2) is 16.8 Å². The van der Waals surface area contributed by atoms with Crippen LogP contribution < -0.4 is 10.6 Å². The number of aromatic nitrogens is 1. The quantitative estimate of drug-likeness (QED) is 0.378. The van der Waals surface area contributed by atoms with Crippen LogP contribution in [-0.2, 0) is 17.8 Å². The summed E-state index contributed by atoms with van der Waals surface area (Å²) >= 11 is 3.18. The predicted molar refractivity (Wildman–Crippen MR) is 146 cm³/mol.